The van der Waals surface area contributed by atoms with Crippen LogP contribution in [0, 0.1) is 0 Å². The predicted molar refractivity (Wildman–Crippen MR) is 85.2 cm³/mol. The number of carbonyl (C=O) groups excluding carboxylic acids is 1. The summed E-state index contributed by atoms with van der Waals surface area (Å²) < 4.78 is 5.65. The fourth-order valence-corrected chi connectivity index (χ4v) is 3.63. The van der Waals surface area contributed by atoms with Crippen LogP contribution in [0.1, 0.15) is 22.5 Å². The van der Waals surface area contributed by atoms with Gasteiger partial charge in [-0.15, -0.1) is 11.3 Å². The Balaban J connectivity index is 1.44. The summed E-state index contributed by atoms with van der Waals surface area (Å²) >= 11 is 1.40. The number of thiophene rings is 1. The van der Waals surface area contributed by atoms with Crippen LogP contribution in [0.25, 0.3) is 0 Å². The zero-order chi connectivity index (χ0) is 15.4. The fraction of sp³-hybridized carbons (Fsp3) is 0.667. The summed E-state index contributed by atoms with van der Waals surface area (Å²) in [6, 6.07) is 4.02. The third-order valence-electron chi connectivity index (χ3n) is 4.28. The fourth-order valence-electron chi connectivity index (χ4n) is 2.99. The highest BCUT2D eigenvalue weighted by Crippen LogP contribution is 2.16. The van der Waals surface area contributed by atoms with Crippen molar-refractivity contribution in [1.82, 2.24) is 16.0 Å². The Hall–Kier alpha value is -0.990. The molecular weight excluding hydrogens is 302 g/mol. The molecule has 0 bridgehead atoms. The number of aliphatic hydroxyl groups excluding tert-OH is 1. The second kappa shape index (κ2) is 7.52. The standard InChI is InChI=1S/C15H23N3O3S/c19-14-11(18-10-3-5-16-6-4-10)9-21-12(14)8-17-15(20)13-2-1-7-22-13/h1-2,7,10-12,14,16,18-19H,3-6,8-9H2,(H,17,20). The molecule has 2 aliphatic heterocycles. The SMILES string of the molecule is O=C(NCC1OCC(NC2CCNCC2)C1O)c1cccs1. The van der Waals surface area contributed by atoms with Crippen LogP contribution in [0.3, 0.4) is 0 Å². The van der Waals surface area contributed by atoms with Crippen molar-refractivity contribution in [2.75, 3.05) is 26.2 Å². The number of nitrogens with one attached hydrogen (secondary N) is 3. The van der Waals surface area contributed by atoms with Gasteiger partial charge in [-0.2, -0.15) is 0 Å². The zero-order valence-corrected chi connectivity index (χ0v) is 13.3. The predicted octanol–water partition coefficient (Wildman–Crippen LogP) is -0.0522. The van der Waals surface area contributed by atoms with E-state index in [0.29, 0.717) is 24.1 Å². The van der Waals surface area contributed by atoms with Gasteiger partial charge in [0, 0.05) is 12.6 Å². The number of amides is 1. The maximum atomic E-state index is 11.9. The van der Waals surface area contributed by atoms with Crippen LogP contribution < -0.4 is 16.0 Å². The number of rotatable bonds is 5. The molecule has 4 N–H and O–H groups in total. The maximum absolute atomic E-state index is 11.9. The van der Waals surface area contributed by atoms with Crippen molar-refractivity contribution in [1.29, 1.82) is 0 Å². The molecule has 7 heteroatoms. The zero-order valence-electron chi connectivity index (χ0n) is 12.5. The molecule has 0 saturated carbocycles. The Bertz CT molecular complexity index is 476. The minimum atomic E-state index is -0.585. The molecular formula is C15H23N3O3S. The number of ether oxygens (including phenoxy) is 1. The van der Waals surface area contributed by atoms with E-state index in [1.54, 1.807) is 6.07 Å². The van der Waals surface area contributed by atoms with Gasteiger partial charge in [0.1, 0.15) is 6.10 Å². The van der Waals surface area contributed by atoms with Crippen molar-refractivity contribution in [3.05, 3.63) is 22.4 Å². The summed E-state index contributed by atoms with van der Waals surface area (Å²) in [6.07, 6.45) is 1.22. The molecule has 1 amide bonds. The molecule has 1 aromatic heterocycles. The summed E-state index contributed by atoms with van der Waals surface area (Å²) in [6.45, 7) is 2.86. The third-order valence-corrected chi connectivity index (χ3v) is 5.15. The molecule has 2 aliphatic rings. The summed E-state index contributed by atoms with van der Waals surface area (Å²) in [4.78, 5) is 12.6. The van der Waals surface area contributed by atoms with Crippen LogP contribution in [0.15, 0.2) is 17.5 Å². The van der Waals surface area contributed by atoms with E-state index in [1.165, 1.54) is 11.3 Å². The number of hydrogen-bond acceptors (Lipinski definition) is 6. The smallest absolute Gasteiger partial charge is 0.261 e. The van der Waals surface area contributed by atoms with E-state index < -0.39 is 6.10 Å². The van der Waals surface area contributed by atoms with Crippen molar-refractivity contribution in [2.45, 2.75) is 37.1 Å². The lowest BCUT2D eigenvalue weighted by Gasteiger charge is -2.28. The molecule has 0 spiro atoms. The normalized spacial score (nSPS) is 29.6. The monoisotopic (exact) mass is 325 g/mol. The number of carbonyl (C=O) groups is 1. The molecule has 2 saturated heterocycles. The van der Waals surface area contributed by atoms with Gasteiger partial charge in [0.25, 0.3) is 5.91 Å². The third kappa shape index (κ3) is 3.85. The van der Waals surface area contributed by atoms with Gasteiger partial charge < -0.3 is 25.8 Å². The molecule has 0 aromatic carbocycles. The van der Waals surface area contributed by atoms with Crippen molar-refractivity contribution in [3.8, 4) is 0 Å². The Morgan fingerprint density at radius 3 is 3.00 bits per heavy atom. The largest absolute Gasteiger partial charge is 0.389 e. The second-order valence-corrected chi connectivity index (χ2v) is 6.79. The highest BCUT2D eigenvalue weighted by molar-refractivity contribution is 7.12. The first-order valence-corrected chi connectivity index (χ1v) is 8.70. The van der Waals surface area contributed by atoms with Crippen molar-refractivity contribution in [2.24, 2.45) is 0 Å². The first-order chi connectivity index (χ1) is 10.7. The summed E-state index contributed by atoms with van der Waals surface area (Å²) in [7, 11) is 0. The van der Waals surface area contributed by atoms with Gasteiger partial charge >= 0.3 is 0 Å². The maximum Gasteiger partial charge on any atom is 0.261 e. The lowest BCUT2D eigenvalue weighted by atomic mass is 10.0. The van der Waals surface area contributed by atoms with E-state index in [-0.39, 0.29) is 18.1 Å². The quantitative estimate of drug-likeness (QED) is 0.610. The van der Waals surface area contributed by atoms with Gasteiger partial charge in [-0.1, -0.05) is 6.07 Å². The van der Waals surface area contributed by atoms with E-state index in [1.807, 2.05) is 11.4 Å². The molecule has 122 valence electrons. The summed E-state index contributed by atoms with van der Waals surface area (Å²) in [5, 5.41) is 21.9. The molecule has 0 aliphatic carbocycles. The lowest BCUT2D eigenvalue weighted by Crippen LogP contribution is -2.50. The van der Waals surface area contributed by atoms with Crippen LogP contribution in [-0.4, -0.2) is 61.5 Å². The molecule has 6 nitrogen and oxygen atoms in total. The molecule has 22 heavy (non-hydrogen) atoms. The molecule has 3 atom stereocenters. The lowest BCUT2D eigenvalue weighted by molar-refractivity contribution is 0.0395. The van der Waals surface area contributed by atoms with Gasteiger partial charge in [-0.25, -0.2) is 0 Å². The van der Waals surface area contributed by atoms with Gasteiger partial charge in [-0.3, -0.25) is 4.79 Å². The van der Waals surface area contributed by atoms with Gasteiger partial charge in [0.05, 0.1) is 23.6 Å². The molecule has 0 radical (unpaired) electrons. The average molecular weight is 325 g/mol. The van der Waals surface area contributed by atoms with Crippen molar-refractivity contribution >= 4 is 17.2 Å². The summed E-state index contributed by atoms with van der Waals surface area (Å²) in [5.41, 5.74) is 0. The minimum Gasteiger partial charge on any atom is -0.389 e. The first kappa shape index (κ1) is 15.9. The van der Waals surface area contributed by atoms with E-state index in [9.17, 15) is 9.90 Å². The Morgan fingerprint density at radius 2 is 2.27 bits per heavy atom. The second-order valence-electron chi connectivity index (χ2n) is 5.85. The van der Waals surface area contributed by atoms with Crippen LogP contribution in [0.4, 0.5) is 0 Å². The molecule has 1 aromatic rings. The highest BCUT2D eigenvalue weighted by Gasteiger charge is 2.37. The Kier molecular flexibility index (Phi) is 5.43. The topological polar surface area (TPSA) is 82.6 Å². The number of piperidine rings is 1. The van der Waals surface area contributed by atoms with Crippen LogP contribution >= 0.6 is 11.3 Å². The molecule has 3 heterocycles. The Morgan fingerprint density at radius 1 is 1.45 bits per heavy atom. The molecule has 3 rings (SSSR count). The van der Waals surface area contributed by atoms with Gasteiger partial charge in [-0.05, 0) is 37.4 Å². The van der Waals surface area contributed by atoms with Crippen molar-refractivity contribution < 1.29 is 14.6 Å². The van der Waals surface area contributed by atoms with Crippen LogP contribution in [-0.2, 0) is 4.74 Å². The van der Waals surface area contributed by atoms with Crippen LogP contribution in [0.5, 0.6) is 0 Å². The minimum absolute atomic E-state index is 0.0493. The van der Waals surface area contributed by atoms with E-state index in [4.69, 9.17) is 4.74 Å². The van der Waals surface area contributed by atoms with E-state index in [2.05, 4.69) is 16.0 Å². The van der Waals surface area contributed by atoms with E-state index in [0.717, 1.165) is 25.9 Å². The molecule has 2 fully saturated rings. The number of aliphatic hydroxyl groups is 1. The van der Waals surface area contributed by atoms with Crippen molar-refractivity contribution in [3.63, 3.8) is 0 Å². The average Bonchev–Trinajstić information content (AvgIpc) is 3.18. The highest BCUT2D eigenvalue weighted by atomic mass is 32.1. The first-order valence-electron chi connectivity index (χ1n) is 7.82. The molecule has 3 unspecified atom stereocenters. The van der Waals surface area contributed by atoms with Crippen LogP contribution in [0.2, 0.25) is 0 Å². The number of hydrogen-bond donors (Lipinski definition) is 4. The van der Waals surface area contributed by atoms with E-state index >= 15 is 0 Å². The Labute approximate surface area is 134 Å². The summed E-state index contributed by atoms with van der Waals surface area (Å²) in [5.74, 6) is -0.111. The van der Waals surface area contributed by atoms with Gasteiger partial charge in [0.2, 0.25) is 0 Å². The van der Waals surface area contributed by atoms with Gasteiger partial charge in [0.15, 0.2) is 0 Å².